The van der Waals surface area contributed by atoms with Crippen molar-refractivity contribution >= 4 is 11.8 Å². The van der Waals surface area contributed by atoms with Gasteiger partial charge in [-0.2, -0.15) is 0 Å². The van der Waals surface area contributed by atoms with Gasteiger partial charge in [-0.15, -0.1) is 0 Å². The third-order valence-electron chi connectivity index (χ3n) is 9.44. The molecule has 0 heterocycles. The monoisotopic (exact) mass is 360 g/mol. The molecule has 0 aliphatic heterocycles. The van der Waals surface area contributed by atoms with Gasteiger partial charge in [0.1, 0.15) is 11.9 Å². The van der Waals surface area contributed by atoms with E-state index in [1.807, 2.05) is 6.92 Å². The zero-order valence-corrected chi connectivity index (χ0v) is 17.1. The molecule has 4 aliphatic carbocycles. The van der Waals surface area contributed by atoms with Gasteiger partial charge in [0.25, 0.3) is 0 Å². The molecule has 4 rings (SSSR count). The number of ether oxygens (including phenoxy) is 1. The predicted octanol–water partition coefficient (Wildman–Crippen LogP) is 5.17. The highest BCUT2D eigenvalue weighted by Crippen LogP contribution is 2.67. The molecule has 3 nitrogen and oxygen atoms in total. The van der Waals surface area contributed by atoms with E-state index in [4.69, 9.17) is 4.74 Å². The molecule has 0 aromatic rings. The smallest absolute Gasteiger partial charge is 0.302 e. The number of rotatable bonds is 2. The highest BCUT2D eigenvalue weighted by molar-refractivity contribution is 5.79. The van der Waals surface area contributed by atoms with E-state index in [9.17, 15) is 9.59 Å². The van der Waals surface area contributed by atoms with E-state index in [1.165, 1.54) is 45.4 Å². The Hall–Kier alpha value is -0.860. The molecule has 0 amide bonds. The molecule has 8 atom stereocenters. The summed E-state index contributed by atoms with van der Waals surface area (Å²) in [7, 11) is 0. The van der Waals surface area contributed by atoms with Gasteiger partial charge in [0.2, 0.25) is 0 Å². The first-order chi connectivity index (χ1) is 12.3. The summed E-state index contributed by atoms with van der Waals surface area (Å²) < 4.78 is 5.57. The first-order valence-electron chi connectivity index (χ1n) is 10.9. The maximum atomic E-state index is 12.2. The van der Waals surface area contributed by atoms with Crippen molar-refractivity contribution in [3.05, 3.63) is 0 Å². The van der Waals surface area contributed by atoms with Gasteiger partial charge in [0.15, 0.2) is 0 Å². The lowest BCUT2D eigenvalue weighted by molar-refractivity contribution is -0.161. The minimum absolute atomic E-state index is 0.123. The maximum Gasteiger partial charge on any atom is 0.302 e. The van der Waals surface area contributed by atoms with Crippen LogP contribution in [0.3, 0.4) is 0 Å². The number of hydrogen-bond donors (Lipinski definition) is 0. The summed E-state index contributed by atoms with van der Waals surface area (Å²) in [5.41, 5.74) is 0.667. The van der Waals surface area contributed by atoms with Crippen LogP contribution < -0.4 is 0 Å². The van der Waals surface area contributed by atoms with Gasteiger partial charge in [0.05, 0.1) is 0 Å². The second kappa shape index (κ2) is 6.34. The van der Waals surface area contributed by atoms with Crippen LogP contribution in [0.1, 0.15) is 85.5 Å². The maximum absolute atomic E-state index is 12.2. The Morgan fingerprint density at radius 3 is 2.23 bits per heavy atom. The zero-order chi connectivity index (χ0) is 18.7. The third kappa shape index (κ3) is 2.67. The summed E-state index contributed by atoms with van der Waals surface area (Å²) >= 11 is 0. The fourth-order valence-corrected chi connectivity index (χ4v) is 8.23. The average molecular weight is 361 g/mol. The molecule has 146 valence electrons. The minimum Gasteiger partial charge on any atom is -0.463 e. The Bertz CT molecular complexity index is 598. The van der Waals surface area contributed by atoms with Crippen LogP contribution in [0.2, 0.25) is 0 Å². The Kier molecular flexibility index (Phi) is 4.51. The van der Waals surface area contributed by atoms with E-state index in [-0.39, 0.29) is 17.5 Å². The molecule has 0 aromatic carbocycles. The van der Waals surface area contributed by atoms with Crippen LogP contribution in [0.4, 0.5) is 0 Å². The molecule has 0 spiro atoms. The second-order valence-electron chi connectivity index (χ2n) is 10.4. The number of ketones is 1. The number of Topliss-reactive ketones (excluding diaryl/α,β-unsaturated/α-hetero) is 1. The lowest BCUT2D eigenvalue weighted by Crippen LogP contribution is -2.54. The first kappa shape index (κ1) is 18.5. The Morgan fingerprint density at radius 1 is 0.846 bits per heavy atom. The van der Waals surface area contributed by atoms with Crippen LogP contribution in [0.5, 0.6) is 0 Å². The van der Waals surface area contributed by atoms with Gasteiger partial charge in [-0.25, -0.2) is 0 Å². The van der Waals surface area contributed by atoms with Crippen LogP contribution in [-0.4, -0.2) is 17.9 Å². The number of carbonyl (C=O) groups excluding carboxylic acids is 2. The normalized spacial score (nSPS) is 50.3. The minimum atomic E-state index is -0.123. The third-order valence-corrected chi connectivity index (χ3v) is 9.44. The van der Waals surface area contributed by atoms with Crippen LogP contribution >= 0.6 is 0 Å². The van der Waals surface area contributed by atoms with E-state index in [2.05, 4.69) is 13.8 Å². The predicted molar refractivity (Wildman–Crippen MR) is 101 cm³/mol. The Balaban J connectivity index is 1.54. The first-order valence-corrected chi connectivity index (χ1v) is 10.9. The lowest BCUT2D eigenvalue weighted by atomic mass is 9.44. The quantitative estimate of drug-likeness (QED) is 0.638. The number of esters is 1. The highest BCUT2D eigenvalue weighted by atomic mass is 16.5. The number of fused-ring (bicyclic) bond motifs is 5. The number of carbonyl (C=O) groups is 2. The molecule has 4 fully saturated rings. The van der Waals surface area contributed by atoms with E-state index in [0.29, 0.717) is 23.0 Å². The molecular formula is C23H36O3. The summed E-state index contributed by atoms with van der Waals surface area (Å²) in [5, 5.41) is 0. The lowest BCUT2D eigenvalue weighted by Gasteiger charge is -2.61. The SMILES string of the molecule is CC(=O)O[C@@H]1CC[C@@]2(C)[C@H](CC[C@@H]3[C@@H]2CC[C@]2(C)C(C(C)=O)CC[C@@H]32)C1. The molecule has 4 aliphatic rings. The van der Waals surface area contributed by atoms with Crippen molar-refractivity contribution < 1.29 is 14.3 Å². The summed E-state index contributed by atoms with van der Waals surface area (Å²) in [5.74, 6) is 3.68. The fraction of sp³-hybridized carbons (Fsp3) is 0.913. The van der Waals surface area contributed by atoms with Crippen molar-refractivity contribution in [3.8, 4) is 0 Å². The van der Waals surface area contributed by atoms with Gasteiger partial charge < -0.3 is 4.74 Å². The van der Waals surface area contributed by atoms with Crippen LogP contribution in [0.25, 0.3) is 0 Å². The Labute approximate surface area is 158 Å². The van der Waals surface area contributed by atoms with E-state index >= 15 is 0 Å². The van der Waals surface area contributed by atoms with Gasteiger partial charge in [-0.3, -0.25) is 9.59 Å². The molecule has 0 saturated heterocycles. The summed E-state index contributed by atoms with van der Waals surface area (Å²) in [6, 6.07) is 0. The standard InChI is InChI=1S/C23H36O3/c1-14(24)19-7-8-20-18-6-5-16-13-17(26-15(2)25)9-11-22(16,3)21(18)10-12-23(19,20)4/h16-21H,5-13H2,1-4H3/t16-,17-,18+,19?,20+,21+,22+,23-/m1/s1. The molecule has 0 N–H and O–H groups in total. The van der Waals surface area contributed by atoms with E-state index in [1.54, 1.807) is 0 Å². The molecule has 4 saturated carbocycles. The van der Waals surface area contributed by atoms with Crippen LogP contribution in [0, 0.1) is 40.4 Å². The molecule has 26 heavy (non-hydrogen) atoms. The summed E-state index contributed by atoms with van der Waals surface area (Å²) in [6.45, 7) is 8.33. The van der Waals surface area contributed by atoms with Crippen molar-refractivity contribution in [1.29, 1.82) is 0 Å². The average Bonchev–Trinajstić information content (AvgIpc) is 2.92. The second-order valence-corrected chi connectivity index (χ2v) is 10.4. The van der Waals surface area contributed by atoms with Crippen molar-refractivity contribution in [2.24, 2.45) is 40.4 Å². The summed E-state index contributed by atoms with van der Waals surface area (Å²) in [4.78, 5) is 23.6. The zero-order valence-electron chi connectivity index (χ0n) is 17.1. The van der Waals surface area contributed by atoms with Gasteiger partial charge in [0, 0.05) is 12.8 Å². The molecule has 0 aromatic heterocycles. The molecular weight excluding hydrogens is 324 g/mol. The highest BCUT2D eigenvalue weighted by Gasteiger charge is 2.60. The van der Waals surface area contributed by atoms with E-state index < -0.39 is 0 Å². The Morgan fingerprint density at radius 2 is 1.54 bits per heavy atom. The van der Waals surface area contributed by atoms with Crippen molar-refractivity contribution in [2.45, 2.75) is 91.6 Å². The largest absolute Gasteiger partial charge is 0.463 e. The topological polar surface area (TPSA) is 43.4 Å². The molecule has 1 unspecified atom stereocenters. The molecule has 3 heteroatoms. The van der Waals surface area contributed by atoms with Crippen LogP contribution in [0.15, 0.2) is 0 Å². The molecule has 0 radical (unpaired) electrons. The van der Waals surface area contributed by atoms with Crippen molar-refractivity contribution in [3.63, 3.8) is 0 Å². The fourth-order valence-electron chi connectivity index (χ4n) is 8.23. The van der Waals surface area contributed by atoms with Crippen LogP contribution in [-0.2, 0) is 14.3 Å². The summed E-state index contributed by atoms with van der Waals surface area (Å²) in [6.07, 6.45) is 11.0. The number of hydrogen-bond acceptors (Lipinski definition) is 3. The van der Waals surface area contributed by atoms with Crippen molar-refractivity contribution in [2.75, 3.05) is 0 Å². The van der Waals surface area contributed by atoms with Gasteiger partial charge in [-0.05, 0) is 99.2 Å². The van der Waals surface area contributed by atoms with Gasteiger partial charge >= 0.3 is 5.97 Å². The van der Waals surface area contributed by atoms with E-state index in [0.717, 1.165) is 37.0 Å². The van der Waals surface area contributed by atoms with Gasteiger partial charge in [-0.1, -0.05) is 13.8 Å². The molecule has 0 bridgehead atoms. The van der Waals surface area contributed by atoms with Crippen molar-refractivity contribution in [1.82, 2.24) is 0 Å².